The molecule has 3 heterocycles. The van der Waals surface area contributed by atoms with E-state index in [1.54, 1.807) is 6.20 Å². The number of aromatic nitrogens is 4. The molecule has 0 aliphatic heterocycles. The summed E-state index contributed by atoms with van der Waals surface area (Å²) in [6.07, 6.45) is 5.62. The lowest BCUT2D eigenvalue weighted by Crippen LogP contribution is -2.17. The molecule has 0 atom stereocenters. The minimum atomic E-state index is -0.118. The highest BCUT2D eigenvalue weighted by atomic mass is 32.1. The summed E-state index contributed by atoms with van der Waals surface area (Å²) in [7, 11) is 0. The first-order valence-corrected chi connectivity index (χ1v) is 6.55. The molecule has 0 saturated heterocycles. The summed E-state index contributed by atoms with van der Waals surface area (Å²) in [6.45, 7) is 3.39. The second kappa shape index (κ2) is 4.43. The Morgan fingerprint density at radius 3 is 3.11 bits per heavy atom. The van der Waals surface area contributed by atoms with E-state index < -0.39 is 0 Å². The molecule has 96 valence electrons. The van der Waals surface area contributed by atoms with Crippen molar-refractivity contribution < 1.29 is 9.20 Å². The zero-order valence-electron chi connectivity index (χ0n) is 10.5. The number of amides is 1. The Balaban J connectivity index is 2.05. The van der Waals surface area contributed by atoms with Crippen molar-refractivity contribution in [1.82, 2.24) is 15.0 Å². The predicted molar refractivity (Wildman–Crippen MR) is 71.9 cm³/mol. The lowest BCUT2D eigenvalue weighted by Gasteiger charge is -1.91. The van der Waals surface area contributed by atoms with Crippen LogP contribution in [0.1, 0.15) is 12.6 Å². The molecule has 0 radical (unpaired) electrons. The number of thiazole rings is 1. The lowest BCUT2D eigenvalue weighted by molar-refractivity contribution is -0.512. The van der Waals surface area contributed by atoms with E-state index in [2.05, 4.69) is 20.3 Å². The van der Waals surface area contributed by atoms with Gasteiger partial charge in [0, 0.05) is 13.0 Å². The molecule has 3 aromatic heterocycles. The van der Waals surface area contributed by atoms with Crippen LogP contribution < -0.4 is 9.72 Å². The van der Waals surface area contributed by atoms with Crippen molar-refractivity contribution in [1.29, 1.82) is 0 Å². The molecule has 0 aromatic carbocycles. The fraction of sp³-hybridized carbons (Fsp3) is 0.167. The SMILES string of the molecule is CC(=O)Nc1nc(C)c(-c2c[n+]3cccnc3[nH]2)s1. The summed E-state index contributed by atoms with van der Waals surface area (Å²) in [5.74, 6) is 0.652. The zero-order valence-corrected chi connectivity index (χ0v) is 11.3. The van der Waals surface area contributed by atoms with Gasteiger partial charge in [-0.15, -0.1) is 0 Å². The number of carbonyl (C=O) groups is 1. The number of fused-ring (bicyclic) bond motifs is 1. The van der Waals surface area contributed by atoms with Gasteiger partial charge in [-0.1, -0.05) is 16.3 Å². The maximum absolute atomic E-state index is 11.0. The monoisotopic (exact) mass is 274 g/mol. The van der Waals surface area contributed by atoms with Gasteiger partial charge >= 0.3 is 5.78 Å². The highest BCUT2D eigenvalue weighted by molar-refractivity contribution is 7.19. The number of H-pyrrole nitrogens is 1. The van der Waals surface area contributed by atoms with E-state index in [0.29, 0.717) is 5.13 Å². The van der Waals surface area contributed by atoms with Crippen LogP contribution in [-0.4, -0.2) is 20.9 Å². The standard InChI is InChI=1S/C12H11N5OS/c1-7-10(19-12(14-7)15-8(2)18)9-6-17-5-3-4-13-11(17)16-9/h3-6H,1-2H3,(H,14,15,18)/p+1. The van der Waals surface area contributed by atoms with Gasteiger partial charge in [-0.2, -0.15) is 0 Å². The number of aryl methyl sites for hydroxylation is 1. The van der Waals surface area contributed by atoms with Crippen LogP contribution in [0.5, 0.6) is 0 Å². The van der Waals surface area contributed by atoms with Gasteiger partial charge in [-0.25, -0.2) is 14.4 Å². The predicted octanol–water partition coefficient (Wildman–Crippen LogP) is 1.54. The molecule has 0 fully saturated rings. The summed E-state index contributed by atoms with van der Waals surface area (Å²) in [5.41, 5.74) is 1.81. The van der Waals surface area contributed by atoms with Crippen LogP contribution in [0, 0.1) is 6.92 Å². The Labute approximate surface area is 113 Å². The summed E-state index contributed by atoms with van der Waals surface area (Å²) in [5, 5.41) is 3.31. The Hall–Kier alpha value is -2.28. The number of hydrogen-bond donors (Lipinski definition) is 2. The van der Waals surface area contributed by atoms with Crippen molar-refractivity contribution in [3.8, 4) is 10.6 Å². The molecule has 0 aliphatic rings. The number of rotatable bonds is 2. The highest BCUT2D eigenvalue weighted by Crippen LogP contribution is 2.31. The average Bonchev–Trinajstić information content (AvgIpc) is 2.91. The smallest absolute Gasteiger partial charge is 0.302 e. The average molecular weight is 274 g/mol. The van der Waals surface area contributed by atoms with Gasteiger partial charge < -0.3 is 5.32 Å². The highest BCUT2D eigenvalue weighted by Gasteiger charge is 2.16. The first kappa shape index (κ1) is 11.8. The van der Waals surface area contributed by atoms with Crippen molar-refractivity contribution >= 4 is 28.2 Å². The van der Waals surface area contributed by atoms with Gasteiger partial charge in [0.1, 0.15) is 12.4 Å². The Bertz CT molecular complexity index is 727. The van der Waals surface area contributed by atoms with Gasteiger partial charge in [0.05, 0.1) is 16.8 Å². The van der Waals surface area contributed by atoms with Gasteiger partial charge in [-0.05, 0) is 6.92 Å². The number of hydrogen-bond acceptors (Lipinski definition) is 4. The van der Waals surface area contributed by atoms with E-state index in [-0.39, 0.29) is 5.91 Å². The number of aromatic amines is 1. The minimum Gasteiger partial charge on any atom is -0.302 e. The van der Waals surface area contributed by atoms with Crippen LogP contribution in [0.4, 0.5) is 5.13 Å². The molecule has 0 saturated carbocycles. The quantitative estimate of drug-likeness (QED) is 0.696. The minimum absolute atomic E-state index is 0.118. The number of anilines is 1. The third kappa shape index (κ3) is 2.19. The summed E-state index contributed by atoms with van der Waals surface area (Å²) in [4.78, 5) is 23.8. The summed E-state index contributed by atoms with van der Waals surface area (Å²) >= 11 is 1.44. The molecular weight excluding hydrogens is 262 g/mol. The Morgan fingerprint density at radius 2 is 2.37 bits per heavy atom. The van der Waals surface area contributed by atoms with Crippen molar-refractivity contribution in [2.45, 2.75) is 13.8 Å². The Kier molecular flexibility index (Phi) is 2.75. The maximum atomic E-state index is 11.0. The van der Waals surface area contributed by atoms with Gasteiger partial charge in [0.2, 0.25) is 5.91 Å². The van der Waals surface area contributed by atoms with Crippen LogP contribution >= 0.6 is 11.3 Å². The first-order valence-electron chi connectivity index (χ1n) is 5.74. The number of nitrogens with one attached hydrogen (secondary N) is 2. The number of carbonyl (C=O) groups excluding carboxylic acids is 1. The molecule has 7 heteroatoms. The third-order valence-corrected chi connectivity index (χ3v) is 3.72. The molecular formula is C12H12N5OS+. The van der Waals surface area contributed by atoms with Crippen molar-refractivity contribution in [2.24, 2.45) is 0 Å². The second-order valence-corrected chi connectivity index (χ2v) is 5.13. The zero-order chi connectivity index (χ0) is 13.4. The molecule has 6 nitrogen and oxygen atoms in total. The summed E-state index contributed by atoms with van der Waals surface area (Å²) < 4.78 is 1.91. The normalized spacial score (nSPS) is 10.8. The molecule has 0 unspecified atom stereocenters. The molecule has 0 spiro atoms. The fourth-order valence-corrected chi connectivity index (χ4v) is 2.82. The van der Waals surface area contributed by atoms with E-state index in [4.69, 9.17) is 0 Å². The third-order valence-electron chi connectivity index (χ3n) is 2.61. The van der Waals surface area contributed by atoms with Crippen molar-refractivity contribution in [3.63, 3.8) is 0 Å². The van der Waals surface area contributed by atoms with E-state index in [0.717, 1.165) is 22.0 Å². The molecule has 0 aliphatic carbocycles. The van der Waals surface area contributed by atoms with E-state index >= 15 is 0 Å². The van der Waals surface area contributed by atoms with Crippen molar-refractivity contribution in [2.75, 3.05) is 5.32 Å². The molecule has 1 amide bonds. The van der Waals surface area contributed by atoms with Crippen molar-refractivity contribution in [3.05, 3.63) is 30.4 Å². The lowest BCUT2D eigenvalue weighted by atomic mass is 10.3. The van der Waals surface area contributed by atoms with Crippen LogP contribution in [-0.2, 0) is 4.79 Å². The molecule has 3 aromatic rings. The van der Waals surface area contributed by atoms with E-state index in [9.17, 15) is 4.79 Å². The van der Waals surface area contributed by atoms with Gasteiger partial charge in [-0.3, -0.25) is 4.79 Å². The fourth-order valence-electron chi connectivity index (χ4n) is 1.84. The molecule has 0 bridgehead atoms. The van der Waals surface area contributed by atoms with E-state index in [1.807, 2.05) is 29.8 Å². The van der Waals surface area contributed by atoms with Crippen LogP contribution in [0.2, 0.25) is 0 Å². The van der Waals surface area contributed by atoms with E-state index in [1.165, 1.54) is 18.3 Å². The van der Waals surface area contributed by atoms with Crippen LogP contribution in [0.3, 0.4) is 0 Å². The molecule has 3 rings (SSSR count). The largest absolute Gasteiger partial charge is 0.401 e. The molecule has 2 N–H and O–H groups in total. The molecule has 19 heavy (non-hydrogen) atoms. The maximum Gasteiger partial charge on any atom is 0.401 e. The summed E-state index contributed by atoms with van der Waals surface area (Å²) in [6, 6.07) is 1.87. The Morgan fingerprint density at radius 1 is 1.53 bits per heavy atom. The number of nitrogens with zero attached hydrogens (tertiary/aromatic N) is 3. The van der Waals surface area contributed by atoms with Crippen LogP contribution in [0.15, 0.2) is 24.7 Å². The van der Waals surface area contributed by atoms with Crippen LogP contribution in [0.25, 0.3) is 16.3 Å². The number of imidazole rings is 1. The second-order valence-electron chi connectivity index (χ2n) is 4.13. The van der Waals surface area contributed by atoms with Gasteiger partial charge in [0.25, 0.3) is 0 Å². The first-order chi connectivity index (χ1) is 9.13. The topological polar surface area (TPSA) is 74.8 Å². The van der Waals surface area contributed by atoms with Gasteiger partial charge in [0.15, 0.2) is 10.8 Å².